The van der Waals surface area contributed by atoms with Gasteiger partial charge in [-0.3, -0.25) is 9.80 Å². The van der Waals surface area contributed by atoms with Crippen LogP contribution in [-0.4, -0.2) is 40.5 Å². The van der Waals surface area contributed by atoms with Gasteiger partial charge in [0.1, 0.15) is 11.6 Å². The minimum absolute atomic E-state index is 0.0946. The van der Waals surface area contributed by atoms with Crippen LogP contribution in [0.25, 0.3) is 0 Å². The van der Waals surface area contributed by atoms with Crippen molar-refractivity contribution in [2.75, 3.05) is 22.9 Å². The number of aromatic nitrogens is 1. The van der Waals surface area contributed by atoms with Crippen molar-refractivity contribution in [1.82, 2.24) is 4.98 Å². The van der Waals surface area contributed by atoms with Crippen LogP contribution in [0, 0.1) is 0 Å². The van der Waals surface area contributed by atoms with Crippen LogP contribution in [0.5, 0.6) is 0 Å². The van der Waals surface area contributed by atoms with E-state index >= 15 is 0 Å². The van der Waals surface area contributed by atoms with E-state index in [1.54, 1.807) is 13.8 Å². The Kier molecular flexibility index (Phi) is 4.94. The molecule has 0 bridgehead atoms. The van der Waals surface area contributed by atoms with E-state index in [2.05, 4.69) is 4.98 Å². The molecule has 0 fully saturated rings. The first kappa shape index (κ1) is 15.0. The van der Waals surface area contributed by atoms with Gasteiger partial charge in [-0.2, -0.15) is 0 Å². The Balaban J connectivity index is 3.26. The van der Waals surface area contributed by atoms with Crippen LogP contribution in [0.2, 0.25) is 5.02 Å². The molecule has 0 aliphatic heterocycles. The van der Waals surface area contributed by atoms with Gasteiger partial charge in [0.25, 0.3) is 0 Å². The zero-order chi connectivity index (χ0) is 14.6. The van der Waals surface area contributed by atoms with E-state index in [0.717, 1.165) is 9.80 Å². The van der Waals surface area contributed by atoms with Gasteiger partial charge in [-0.25, -0.2) is 14.6 Å². The van der Waals surface area contributed by atoms with Gasteiger partial charge < -0.3 is 10.2 Å². The zero-order valence-corrected chi connectivity index (χ0v) is 11.3. The normalized spacial score (nSPS) is 10.1. The number of halogens is 1. The zero-order valence-electron chi connectivity index (χ0n) is 10.5. The van der Waals surface area contributed by atoms with Crippen molar-refractivity contribution in [3.8, 4) is 0 Å². The summed E-state index contributed by atoms with van der Waals surface area (Å²) in [7, 11) is 0. The number of amides is 2. The summed E-state index contributed by atoms with van der Waals surface area (Å²) < 4.78 is 0. The first-order valence-corrected chi connectivity index (χ1v) is 5.97. The van der Waals surface area contributed by atoms with Gasteiger partial charge >= 0.3 is 12.2 Å². The van der Waals surface area contributed by atoms with E-state index < -0.39 is 12.2 Å². The van der Waals surface area contributed by atoms with Crippen molar-refractivity contribution in [3.63, 3.8) is 0 Å². The molecule has 0 saturated carbocycles. The monoisotopic (exact) mass is 287 g/mol. The number of hydrogen-bond acceptors (Lipinski definition) is 3. The molecule has 104 valence electrons. The molecule has 0 saturated heterocycles. The van der Waals surface area contributed by atoms with Crippen LogP contribution in [0.1, 0.15) is 13.8 Å². The van der Waals surface area contributed by atoms with Gasteiger partial charge in [-0.15, -0.1) is 0 Å². The fraction of sp³-hybridized carbons (Fsp3) is 0.364. The predicted octanol–water partition coefficient (Wildman–Crippen LogP) is 2.74. The highest BCUT2D eigenvalue weighted by Gasteiger charge is 2.19. The molecule has 1 rings (SSSR count). The molecule has 0 spiro atoms. The molecule has 1 heterocycles. The second kappa shape index (κ2) is 6.24. The molecule has 0 radical (unpaired) electrons. The first-order valence-electron chi connectivity index (χ1n) is 5.59. The van der Waals surface area contributed by atoms with Crippen LogP contribution >= 0.6 is 11.6 Å². The van der Waals surface area contributed by atoms with E-state index in [4.69, 9.17) is 21.8 Å². The van der Waals surface area contributed by atoms with Gasteiger partial charge in [0.05, 0.1) is 0 Å². The fourth-order valence-electron chi connectivity index (χ4n) is 1.54. The topological polar surface area (TPSA) is 94.0 Å². The lowest BCUT2D eigenvalue weighted by atomic mass is 10.4. The SMILES string of the molecule is CCN(C(=O)O)c1cc(Cl)cc(N(CC)C(=O)O)n1. The van der Waals surface area contributed by atoms with E-state index in [9.17, 15) is 9.59 Å². The van der Waals surface area contributed by atoms with E-state index in [0.29, 0.717) is 0 Å². The lowest BCUT2D eigenvalue weighted by molar-refractivity contribution is 0.201. The van der Waals surface area contributed by atoms with Crippen LogP contribution in [0.3, 0.4) is 0 Å². The number of nitrogens with zero attached hydrogens (tertiary/aromatic N) is 3. The van der Waals surface area contributed by atoms with Gasteiger partial charge in [0, 0.05) is 30.2 Å². The summed E-state index contributed by atoms with van der Waals surface area (Å²) in [5.41, 5.74) is 0. The van der Waals surface area contributed by atoms with Gasteiger partial charge in [-0.1, -0.05) is 11.6 Å². The van der Waals surface area contributed by atoms with Gasteiger partial charge in [-0.05, 0) is 13.8 Å². The molecule has 0 unspecified atom stereocenters. The highest BCUT2D eigenvalue weighted by Crippen LogP contribution is 2.24. The van der Waals surface area contributed by atoms with E-state index in [-0.39, 0.29) is 29.7 Å². The van der Waals surface area contributed by atoms with E-state index in [1.807, 2.05) is 0 Å². The Morgan fingerprint density at radius 3 is 1.74 bits per heavy atom. The molecule has 19 heavy (non-hydrogen) atoms. The molecule has 7 nitrogen and oxygen atoms in total. The fourth-order valence-corrected chi connectivity index (χ4v) is 1.73. The van der Waals surface area contributed by atoms with Crippen molar-refractivity contribution < 1.29 is 19.8 Å². The smallest absolute Gasteiger partial charge is 0.413 e. The minimum atomic E-state index is -1.18. The predicted molar refractivity (Wildman–Crippen MR) is 71.3 cm³/mol. The summed E-state index contributed by atoms with van der Waals surface area (Å²) >= 11 is 5.88. The van der Waals surface area contributed by atoms with Crippen LogP contribution < -0.4 is 9.80 Å². The Hall–Kier alpha value is -2.02. The van der Waals surface area contributed by atoms with E-state index in [1.165, 1.54) is 12.1 Å². The third kappa shape index (κ3) is 3.47. The average molecular weight is 288 g/mol. The number of anilines is 2. The summed E-state index contributed by atoms with van der Waals surface area (Å²) in [6, 6.07) is 2.75. The molecular weight excluding hydrogens is 274 g/mol. The maximum Gasteiger partial charge on any atom is 0.413 e. The number of carboxylic acid groups (broad SMARTS) is 2. The highest BCUT2D eigenvalue weighted by atomic mass is 35.5. The van der Waals surface area contributed by atoms with Crippen molar-refractivity contribution >= 4 is 35.4 Å². The Labute approximate surface area is 115 Å². The van der Waals surface area contributed by atoms with Crippen LogP contribution in [0.4, 0.5) is 21.2 Å². The molecule has 2 amide bonds. The standard InChI is InChI=1S/C11H14ClN3O4/c1-3-14(10(16)17)8-5-7(12)6-9(13-8)15(4-2)11(18)19/h5-6H,3-4H2,1-2H3,(H,16,17)(H,18,19). The molecule has 1 aromatic heterocycles. The maximum absolute atomic E-state index is 11.0. The van der Waals surface area contributed by atoms with Crippen LogP contribution in [0.15, 0.2) is 12.1 Å². The first-order chi connectivity index (χ1) is 8.90. The lowest BCUT2D eigenvalue weighted by Crippen LogP contribution is -2.32. The number of hydrogen-bond donors (Lipinski definition) is 2. The van der Waals surface area contributed by atoms with Crippen molar-refractivity contribution in [2.24, 2.45) is 0 Å². The maximum atomic E-state index is 11.0. The molecule has 0 aliphatic carbocycles. The lowest BCUT2D eigenvalue weighted by Gasteiger charge is -2.20. The molecule has 0 aliphatic rings. The Morgan fingerprint density at radius 1 is 1.11 bits per heavy atom. The number of rotatable bonds is 4. The Bertz CT molecular complexity index is 455. The molecule has 1 aromatic rings. The largest absolute Gasteiger partial charge is 0.465 e. The van der Waals surface area contributed by atoms with Crippen molar-refractivity contribution in [3.05, 3.63) is 17.2 Å². The molecule has 2 N–H and O–H groups in total. The van der Waals surface area contributed by atoms with Crippen LogP contribution in [-0.2, 0) is 0 Å². The number of pyridine rings is 1. The quantitative estimate of drug-likeness (QED) is 0.888. The molecular formula is C11H14ClN3O4. The summed E-state index contributed by atoms with van der Waals surface area (Å²) in [4.78, 5) is 28.1. The summed E-state index contributed by atoms with van der Waals surface area (Å²) in [5, 5.41) is 18.3. The summed E-state index contributed by atoms with van der Waals surface area (Å²) in [5.74, 6) is 0.189. The third-order valence-electron chi connectivity index (χ3n) is 2.41. The second-order valence-corrected chi connectivity index (χ2v) is 3.99. The van der Waals surface area contributed by atoms with Gasteiger partial charge in [0.2, 0.25) is 0 Å². The molecule has 0 atom stereocenters. The summed E-state index contributed by atoms with van der Waals surface area (Å²) in [6.07, 6.45) is -2.36. The average Bonchev–Trinajstić information content (AvgIpc) is 2.28. The minimum Gasteiger partial charge on any atom is -0.465 e. The third-order valence-corrected chi connectivity index (χ3v) is 2.63. The number of carbonyl (C=O) groups is 2. The summed E-state index contributed by atoms with van der Waals surface area (Å²) in [6.45, 7) is 3.65. The van der Waals surface area contributed by atoms with Crippen molar-refractivity contribution in [1.29, 1.82) is 0 Å². The Morgan fingerprint density at radius 2 is 1.47 bits per heavy atom. The van der Waals surface area contributed by atoms with Crippen molar-refractivity contribution in [2.45, 2.75) is 13.8 Å². The highest BCUT2D eigenvalue weighted by molar-refractivity contribution is 6.31. The molecule has 8 heteroatoms. The van der Waals surface area contributed by atoms with Gasteiger partial charge in [0.15, 0.2) is 0 Å². The molecule has 0 aromatic carbocycles. The second-order valence-electron chi connectivity index (χ2n) is 3.56.